The number of imidazole rings is 1. The first-order valence-electron chi connectivity index (χ1n) is 5.79. The molecule has 0 fully saturated rings. The third kappa shape index (κ3) is 2.07. The Balaban J connectivity index is 2.55. The number of nitriles is 1. The molecule has 0 saturated heterocycles. The number of aromatic nitrogens is 2. The van der Waals surface area contributed by atoms with Gasteiger partial charge in [0.05, 0.1) is 19.1 Å². The lowest BCUT2D eigenvalue weighted by molar-refractivity contribution is 0.415. The largest absolute Gasteiger partial charge is 0.496 e. The van der Waals surface area contributed by atoms with Crippen LogP contribution in [0, 0.1) is 11.3 Å². The Morgan fingerprint density at radius 2 is 2.17 bits per heavy atom. The number of hydrogen-bond acceptors (Lipinski definition) is 3. The van der Waals surface area contributed by atoms with Gasteiger partial charge in [0.2, 0.25) is 0 Å². The molecule has 92 valence electrons. The van der Waals surface area contributed by atoms with Crippen LogP contribution >= 0.6 is 0 Å². The minimum atomic E-state index is 0.380. The van der Waals surface area contributed by atoms with Gasteiger partial charge in [-0.3, -0.25) is 0 Å². The summed E-state index contributed by atoms with van der Waals surface area (Å²) in [5.74, 6) is 1.19. The van der Waals surface area contributed by atoms with Crippen LogP contribution in [0.25, 0.3) is 11.3 Å². The van der Waals surface area contributed by atoms with E-state index in [0.717, 1.165) is 11.3 Å². The number of hydrogen-bond donors (Lipinski definition) is 1. The SMILES string of the molecule is COc1cc(C(C)C)ccc1-c1[nH]cnc1C#N. The van der Waals surface area contributed by atoms with Crippen molar-refractivity contribution in [3.05, 3.63) is 35.8 Å². The molecule has 0 aliphatic carbocycles. The van der Waals surface area contributed by atoms with E-state index in [9.17, 15) is 0 Å². The molecule has 0 saturated carbocycles. The van der Waals surface area contributed by atoms with Gasteiger partial charge < -0.3 is 9.72 Å². The van der Waals surface area contributed by atoms with Crippen molar-refractivity contribution in [2.24, 2.45) is 0 Å². The Kier molecular flexibility index (Phi) is 3.33. The van der Waals surface area contributed by atoms with E-state index < -0.39 is 0 Å². The van der Waals surface area contributed by atoms with Crippen molar-refractivity contribution in [1.82, 2.24) is 9.97 Å². The summed E-state index contributed by atoms with van der Waals surface area (Å²) in [6, 6.07) is 8.07. The second-order valence-electron chi connectivity index (χ2n) is 4.35. The maximum atomic E-state index is 9.00. The van der Waals surface area contributed by atoms with Gasteiger partial charge in [-0.2, -0.15) is 5.26 Å². The van der Waals surface area contributed by atoms with Crippen LogP contribution in [0.2, 0.25) is 0 Å². The third-order valence-electron chi connectivity index (χ3n) is 2.91. The fourth-order valence-corrected chi connectivity index (χ4v) is 1.86. The molecule has 1 aromatic heterocycles. The topological polar surface area (TPSA) is 61.7 Å². The van der Waals surface area contributed by atoms with E-state index in [0.29, 0.717) is 17.3 Å². The number of rotatable bonds is 3. The molecule has 2 aromatic rings. The number of nitrogens with one attached hydrogen (secondary N) is 1. The first-order valence-corrected chi connectivity index (χ1v) is 5.79. The van der Waals surface area contributed by atoms with Crippen LogP contribution in [0.3, 0.4) is 0 Å². The molecule has 0 atom stereocenters. The third-order valence-corrected chi connectivity index (χ3v) is 2.91. The summed E-state index contributed by atoms with van der Waals surface area (Å²) in [5.41, 5.74) is 3.14. The maximum absolute atomic E-state index is 9.00. The summed E-state index contributed by atoms with van der Waals surface area (Å²) in [6.45, 7) is 4.26. The highest BCUT2D eigenvalue weighted by molar-refractivity contribution is 5.71. The summed E-state index contributed by atoms with van der Waals surface area (Å²) >= 11 is 0. The fourth-order valence-electron chi connectivity index (χ4n) is 1.86. The normalized spacial score (nSPS) is 10.4. The molecule has 18 heavy (non-hydrogen) atoms. The molecule has 0 aliphatic rings. The molecule has 0 spiro atoms. The Hall–Kier alpha value is -2.28. The minimum absolute atomic E-state index is 0.380. The molecule has 0 unspecified atom stereocenters. The molecule has 0 aliphatic heterocycles. The summed E-state index contributed by atoms with van der Waals surface area (Å²) < 4.78 is 5.40. The van der Waals surface area contributed by atoms with Gasteiger partial charge in [-0.15, -0.1) is 0 Å². The summed E-state index contributed by atoms with van der Waals surface area (Å²) in [6.07, 6.45) is 1.52. The highest BCUT2D eigenvalue weighted by atomic mass is 16.5. The number of nitrogens with zero attached hydrogens (tertiary/aromatic N) is 2. The van der Waals surface area contributed by atoms with Crippen molar-refractivity contribution in [1.29, 1.82) is 5.26 Å². The zero-order chi connectivity index (χ0) is 13.1. The van der Waals surface area contributed by atoms with Gasteiger partial charge >= 0.3 is 0 Å². The first kappa shape index (κ1) is 12.2. The standard InChI is InChI=1S/C14H15N3O/c1-9(2)10-4-5-11(13(6-10)18-3)14-12(7-15)16-8-17-14/h4-6,8-9H,1-3H3,(H,16,17). The monoisotopic (exact) mass is 241 g/mol. The van der Waals surface area contributed by atoms with Crippen molar-refractivity contribution in [3.8, 4) is 23.1 Å². The van der Waals surface area contributed by atoms with Crippen LogP contribution in [0.1, 0.15) is 31.0 Å². The molecular weight excluding hydrogens is 226 g/mol. The van der Waals surface area contributed by atoms with Crippen LogP contribution in [0.5, 0.6) is 5.75 Å². The number of methoxy groups -OCH3 is 1. The number of ether oxygens (including phenoxy) is 1. The van der Waals surface area contributed by atoms with Gasteiger partial charge in [0, 0.05) is 5.56 Å². The minimum Gasteiger partial charge on any atom is -0.496 e. The zero-order valence-corrected chi connectivity index (χ0v) is 10.7. The second kappa shape index (κ2) is 4.92. The van der Waals surface area contributed by atoms with E-state index in [4.69, 9.17) is 10.00 Å². The predicted octanol–water partition coefficient (Wildman–Crippen LogP) is 3.08. The van der Waals surface area contributed by atoms with E-state index in [1.165, 1.54) is 11.9 Å². The molecule has 0 bridgehead atoms. The molecule has 0 radical (unpaired) electrons. The van der Waals surface area contributed by atoms with Crippen molar-refractivity contribution < 1.29 is 4.74 Å². The van der Waals surface area contributed by atoms with Gasteiger partial charge in [-0.25, -0.2) is 4.98 Å². The molecule has 4 nitrogen and oxygen atoms in total. The maximum Gasteiger partial charge on any atom is 0.166 e. The summed E-state index contributed by atoms with van der Waals surface area (Å²) in [7, 11) is 1.63. The Morgan fingerprint density at radius 3 is 2.78 bits per heavy atom. The lowest BCUT2D eigenvalue weighted by Gasteiger charge is -2.11. The number of H-pyrrole nitrogens is 1. The molecule has 2 rings (SSSR count). The highest BCUT2D eigenvalue weighted by Gasteiger charge is 2.13. The molecule has 1 N–H and O–H groups in total. The quantitative estimate of drug-likeness (QED) is 0.898. The lowest BCUT2D eigenvalue weighted by atomic mass is 9.99. The van der Waals surface area contributed by atoms with E-state index >= 15 is 0 Å². The van der Waals surface area contributed by atoms with Gasteiger partial charge in [0.1, 0.15) is 11.8 Å². The average Bonchev–Trinajstić information content (AvgIpc) is 2.85. The smallest absolute Gasteiger partial charge is 0.166 e. The fraction of sp³-hybridized carbons (Fsp3) is 0.286. The summed E-state index contributed by atoms with van der Waals surface area (Å²) in [5, 5.41) is 9.00. The van der Waals surface area contributed by atoms with E-state index in [1.54, 1.807) is 7.11 Å². The number of benzene rings is 1. The van der Waals surface area contributed by atoms with E-state index in [1.807, 2.05) is 18.2 Å². The highest BCUT2D eigenvalue weighted by Crippen LogP contribution is 2.32. The van der Waals surface area contributed by atoms with E-state index in [2.05, 4.69) is 29.9 Å². The van der Waals surface area contributed by atoms with Crippen molar-refractivity contribution in [3.63, 3.8) is 0 Å². The van der Waals surface area contributed by atoms with Gasteiger partial charge in [-0.1, -0.05) is 19.9 Å². The Bertz CT molecular complexity index is 593. The molecule has 1 heterocycles. The molecule has 4 heteroatoms. The van der Waals surface area contributed by atoms with Crippen molar-refractivity contribution in [2.75, 3.05) is 7.11 Å². The van der Waals surface area contributed by atoms with Crippen molar-refractivity contribution in [2.45, 2.75) is 19.8 Å². The molecule has 0 amide bonds. The van der Waals surface area contributed by atoms with E-state index in [-0.39, 0.29) is 0 Å². The van der Waals surface area contributed by atoms with Crippen LogP contribution in [-0.4, -0.2) is 17.1 Å². The van der Waals surface area contributed by atoms with Crippen LogP contribution in [-0.2, 0) is 0 Å². The van der Waals surface area contributed by atoms with Gasteiger partial charge in [0.25, 0.3) is 0 Å². The van der Waals surface area contributed by atoms with Crippen LogP contribution in [0.15, 0.2) is 24.5 Å². The van der Waals surface area contributed by atoms with Crippen LogP contribution in [0.4, 0.5) is 0 Å². The molecular formula is C14H15N3O. The Labute approximate surface area is 106 Å². The zero-order valence-electron chi connectivity index (χ0n) is 10.7. The predicted molar refractivity (Wildman–Crippen MR) is 69.4 cm³/mol. The van der Waals surface area contributed by atoms with Gasteiger partial charge in [-0.05, 0) is 23.6 Å². The first-order chi connectivity index (χ1) is 8.67. The molecule has 1 aromatic carbocycles. The lowest BCUT2D eigenvalue weighted by Crippen LogP contribution is -1.94. The summed E-state index contributed by atoms with van der Waals surface area (Å²) in [4.78, 5) is 6.95. The van der Waals surface area contributed by atoms with Crippen LogP contribution < -0.4 is 4.74 Å². The number of aromatic amines is 1. The van der Waals surface area contributed by atoms with Gasteiger partial charge in [0.15, 0.2) is 5.69 Å². The Morgan fingerprint density at radius 1 is 1.39 bits per heavy atom. The second-order valence-corrected chi connectivity index (χ2v) is 4.35. The average molecular weight is 241 g/mol. The van der Waals surface area contributed by atoms with Crippen molar-refractivity contribution >= 4 is 0 Å².